The number of hydrogen-bond donors (Lipinski definition) is 2. The summed E-state index contributed by atoms with van der Waals surface area (Å²) in [5.74, 6) is -0.669. The van der Waals surface area contributed by atoms with Crippen molar-refractivity contribution in [3.63, 3.8) is 0 Å². The van der Waals surface area contributed by atoms with Crippen molar-refractivity contribution < 1.29 is 19.0 Å². The molecule has 0 unspecified atom stereocenters. The number of ether oxygens (including phenoxy) is 1. The number of benzene rings is 1. The van der Waals surface area contributed by atoms with Crippen molar-refractivity contribution in [2.24, 2.45) is 5.73 Å². The lowest BCUT2D eigenvalue weighted by molar-refractivity contribution is -0.152. The molecule has 0 aliphatic carbocycles. The highest BCUT2D eigenvalue weighted by atomic mass is 19.1. The molecule has 3 N–H and O–H groups in total. The van der Waals surface area contributed by atoms with Crippen LogP contribution in [0.4, 0.5) is 4.39 Å². The molecule has 0 aromatic heterocycles. The molecule has 0 amide bonds. The number of alkyl halides is 1. The maximum absolute atomic E-state index is 12.3. The first-order valence-corrected chi connectivity index (χ1v) is 5.63. The van der Waals surface area contributed by atoms with Crippen molar-refractivity contribution in [3.8, 4) is 0 Å². The van der Waals surface area contributed by atoms with E-state index in [-0.39, 0.29) is 6.61 Å². The molecule has 0 heterocycles. The standard InChI is InChI=1S/C13H18FNO3/c1-13(2,17)11(15)12(16)18-8-10-5-3-9(7-14)4-6-10/h3-6,11,17H,7-8,15H2,1-2H3/t11-/m1/s1. The lowest BCUT2D eigenvalue weighted by Crippen LogP contribution is -2.49. The molecule has 0 spiro atoms. The fourth-order valence-electron chi connectivity index (χ4n) is 1.26. The minimum Gasteiger partial charge on any atom is -0.460 e. The summed E-state index contributed by atoms with van der Waals surface area (Å²) in [5, 5.41) is 9.55. The summed E-state index contributed by atoms with van der Waals surface area (Å²) in [6.45, 7) is 2.41. The minimum absolute atomic E-state index is 0.0508. The number of hydrogen-bond acceptors (Lipinski definition) is 4. The molecule has 0 fully saturated rings. The highest BCUT2D eigenvalue weighted by Crippen LogP contribution is 2.10. The topological polar surface area (TPSA) is 72.5 Å². The number of esters is 1. The van der Waals surface area contributed by atoms with E-state index in [1.807, 2.05) is 0 Å². The van der Waals surface area contributed by atoms with Crippen molar-refractivity contribution >= 4 is 5.97 Å². The zero-order valence-corrected chi connectivity index (χ0v) is 10.5. The van der Waals surface area contributed by atoms with Crippen LogP contribution in [0, 0.1) is 0 Å². The fourth-order valence-corrected chi connectivity index (χ4v) is 1.26. The minimum atomic E-state index is -1.32. The molecule has 1 aromatic carbocycles. The Labute approximate surface area is 106 Å². The molecule has 0 aliphatic rings. The number of carbonyl (C=O) groups is 1. The highest BCUT2D eigenvalue weighted by molar-refractivity contribution is 5.76. The normalized spacial score (nSPS) is 13.2. The van der Waals surface area contributed by atoms with E-state index in [1.54, 1.807) is 24.3 Å². The SMILES string of the molecule is CC(C)(O)[C@H](N)C(=O)OCc1ccc(CF)cc1. The zero-order chi connectivity index (χ0) is 13.8. The van der Waals surface area contributed by atoms with Crippen LogP contribution in [0.3, 0.4) is 0 Å². The highest BCUT2D eigenvalue weighted by Gasteiger charge is 2.30. The summed E-state index contributed by atoms with van der Waals surface area (Å²) in [6.07, 6.45) is 0. The van der Waals surface area contributed by atoms with E-state index in [0.717, 1.165) is 5.56 Å². The first kappa shape index (κ1) is 14.6. The molecule has 0 aliphatic heterocycles. The van der Waals surface area contributed by atoms with Crippen LogP contribution in [0.2, 0.25) is 0 Å². The smallest absolute Gasteiger partial charge is 0.326 e. The Hall–Kier alpha value is -1.46. The van der Waals surface area contributed by atoms with Crippen LogP contribution in [0.15, 0.2) is 24.3 Å². The molecular formula is C13H18FNO3. The number of rotatable bonds is 5. The van der Waals surface area contributed by atoms with Crippen molar-refractivity contribution in [1.29, 1.82) is 0 Å². The van der Waals surface area contributed by atoms with E-state index in [1.165, 1.54) is 13.8 Å². The summed E-state index contributed by atoms with van der Waals surface area (Å²) < 4.78 is 17.3. The number of nitrogens with two attached hydrogens (primary N) is 1. The molecule has 1 aromatic rings. The first-order chi connectivity index (χ1) is 8.34. The Bertz CT molecular complexity index is 398. The lowest BCUT2D eigenvalue weighted by atomic mass is 10.0. The Kier molecular flexibility index (Phi) is 4.81. The van der Waals surface area contributed by atoms with Crippen LogP contribution in [-0.2, 0) is 22.8 Å². The Morgan fingerprint density at radius 2 is 1.89 bits per heavy atom. The van der Waals surface area contributed by atoms with E-state index >= 15 is 0 Å². The largest absolute Gasteiger partial charge is 0.460 e. The van der Waals surface area contributed by atoms with E-state index in [0.29, 0.717) is 5.56 Å². The second-order valence-corrected chi connectivity index (χ2v) is 4.69. The van der Waals surface area contributed by atoms with Crippen LogP contribution in [0.25, 0.3) is 0 Å². The molecule has 18 heavy (non-hydrogen) atoms. The van der Waals surface area contributed by atoms with Gasteiger partial charge in [0.25, 0.3) is 0 Å². The lowest BCUT2D eigenvalue weighted by Gasteiger charge is -2.23. The van der Waals surface area contributed by atoms with Crippen molar-refractivity contribution in [2.45, 2.75) is 38.8 Å². The average Bonchev–Trinajstić information content (AvgIpc) is 2.34. The predicted molar refractivity (Wildman–Crippen MR) is 65.3 cm³/mol. The van der Waals surface area contributed by atoms with E-state index < -0.39 is 24.3 Å². The molecule has 0 radical (unpaired) electrons. The van der Waals surface area contributed by atoms with Gasteiger partial charge in [0.2, 0.25) is 0 Å². The first-order valence-electron chi connectivity index (χ1n) is 5.63. The molecule has 100 valence electrons. The fraction of sp³-hybridized carbons (Fsp3) is 0.462. The van der Waals surface area contributed by atoms with Crippen molar-refractivity contribution in [2.75, 3.05) is 0 Å². The van der Waals surface area contributed by atoms with E-state index in [2.05, 4.69) is 0 Å². The molecule has 0 saturated carbocycles. The second kappa shape index (κ2) is 5.93. The summed E-state index contributed by atoms with van der Waals surface area (Å²) in [5.41, 5.74) is 5.51. The second-order valence-electron chi connectivity index (χ2n) is 4.69. The van der Waals surface area contributed by atoms with Gasteiger partial charge in [0.05, 0.1) is 5.60 Å². The monoisotopic (exact) mass is 255 g/mol. The van der Waals surface area contributed by atoms with Crippen molar-refractivity contribution in [1.82, 2.24) is 0 Å². The Morgan fingerprint density at radius 1 is 1.39 bits per heavy atom. The molecule has 1 atom stereocenters. The zero-order valence-electron chi connectivity index (χ0n) is 10.5. The summed E-state index contributed by atoms with van der Waals surface area (Å²) in [7, 11) is 0. The van der Waals surface area contributed by atoms with Gasteiger partial charge in [-0.2, -0.15) is 0 Å². The van der Waals surface area contributed by atoms with Crippen LogP contribution in [0.1, 0.15) is 25.0 Å². The van der Waals surface area contributed by atoms with Gasteiger partial charge in [-0.25, -0.2) is 4.39 Å². The van der Waals surface area contributed by atoms with Gasteiger partial charge in [0.15, 0.2) is 0 Å². The molecule has 4 nitrogen and oxygen atoms in total. The van der Waals surface area contributed by atoms with E-state index in [9.17, 15) is 14.3 Å². The van der Waals surface area contributed by atoms with Gasteiger partial charge >= 0.3 is 5.97 Å². The molecule has 0 saturated heterocycles. The Morgan fingerprint density at radius 3 is 2.33 bits per heavy atom. The van der Waals surface area contributed by atoms with Gasteiger partial charge in [-0.15, -0.1) is 0 Å². The molecular weight excluding hydrogens is 237 g/mol. The van der Waals surface area contributed by atoms with Gasteiger partial charge in [-0.05, 0) is 25.0 Å². The maximum Gasteiger partial charge on any atom is 0.326 e. The molecule has 0 bridgehead atoms. The van der Waals surface area contributed by atoms with Crippen molar-refractivity contribution in [3.05, 3.63) is 35.4 Å². The molecule has 1 rings (SSSR count). The number of aliphatic hydroxyl groups is 1. The number of halogens is 1. The quantitative estimate of drug-likeness (QED) is 0.778. The third-order valence-corrected chi connectivity index (χ3v) is 2.57. The van der Waals surface area contributed by atoms with Gasteiger partial charge in [0.1, 0.15) is 19.3 Å². The summed E-state index contributed by atoms with van der Waals surface area (Å²) in [6, 6.07) is 5.51. The van der Waals surface area contributed by atoms with Crippen LogP contribution in [-0.4, -0.2) is 22.7 Å². The van der Waals surface area contributed by atoms with Gasteiger partial charge in [-0.1, -0.05) is 24.3 Å². The predicted octanol–water partition coefficient (Wildman–Crippen LogP) is 1.30. The maximum atomic E-state index is 12.3. The summed E-state index contributed by atoms with van der Waals surface area (Å²) >= 11 is 0. The third kappa shape index (κ3) is 4.09. The van der Waals surface area contributed by atoms with Crippen LogP contribution in [0.5, 0.6) is 0 Å². The van der Waals surface area contributed by atoms with E-state index in [4.69, 9.17) is 10.5 Å². The van der Waals surface area contributed by atoms with Crippen LogP contribution < -0.4 is 5.73 Å². The van der Waals surface area contributed by atoms with Crippen LogP contribution >= 0.6 is 0 Å². The third-order valence-electron chi connectivity index (χ3n) is 2.57. The van der Waals surface area contributed by atoms with Gasteiger partial charge in [0, 0.05) is 0 Å². The number of carbonyl (C=O) groups excluding carboxylic acids is 1. The average molecular weight is 255 g/mol. The molecule has 5 heteroatoms. The van der Waals surface area contributed by atoms with Gasteiger partial charge in [-0.3, -0.25) is 4.79 Å². The summed E-state index contributed by atoms with van der Waals surface area (Å²) in [4.78, 5) is 11.5. The Balaban J connectivity index is 2.52. The van der Waals surface area contributed by atoms with Gasteiger partial charge < -0.3 is 15.6 Å².